The highest BCUT2D eigenvalue weighted by molar-refractivity contribution is 6.47. The summed E-state index contributed by atoms with van der Waals surface area (Å²) in [6, 6.07) is 0. The highest BCUT2D eigenvalue weighted by Gasteiger charge is 2.09. The van der Waals surface area contributed by atoms with Gasteiger partial charge in [0.25, 0.3) is 0 Å². The summed E-state index contributed by atoms with van der Waals surface area (Å²) in [4.78, 5) is 0. The molecular formula is C5H4Cl4N2. The summed E-state index contributed by atoms with van der Waals surface area (Å²) in [6.45, 7) is 0. The molecule has 6 heteroatoms. The lowest BCUT2D eigenvalue weighted by Crippen LogP contribution is -3.00. The molecule has 0 spiro atoms. The van der Waals surface area contributed by atoms with E-state index in [9.17, 15) is 0 Å². The van der Waals surface area contributed by atoms with Gasteiger partial charge < -0.3 is 12.4 Å². The van der Waals surface area contributed by atoms with Crippen molar-refractivity contribution in [1.82, 2.24) is 5.10 Å². The molecule has 1 aromatic heterocycles. The Bertz CT molecular complexity index is 240. The first-order valence-corrected chi connectivity index (χ1v) is 3.62. The van der Waals surface area contributed by atoms with Crippen molar-refractivity contribution in [2.45, 2.75) is 0 Å². The monoisotopic (exact) mass is 232 g/mol. The molecule has 2 nitrogen and oxygen atoms in total. The van der Waals surface area contributed by atoms with E-state index in [2.05, 4.69) is 5.10 Å². The zero-order chi connectivity index (χ0) is 7.72. The molecule has 0 unspecified atom stereocenters. The van der Waals surface area contributed by atoms with Crippen molar-refractivity contribution in [2.24, 2.45) is 7.05 Å². The lowest BCUT2D eigenvalue weighted by atomic mass is 10.6. The van der Waals surface area contributed by atoms with Crippen LogP contribution < -0.4 is 17.1 Å². The third kappa shape index (κ3) is 2.64. The van der Waals surface area contributed by atoms with Crippen LogP contribution in [0.15, 0.2) is 6.20 Å². The summed E-state index contributed by atoms with van der Waals surface area (Å²) in [6.07, 6.45) is 1.58. The highest BCUT2D eigenvalue weighted by Crippen LogP contribution is 2.24. The maximum atomic E-state index is 5.64. The van der Waals surface area contributed by atoms with Gasteiger partial charge in [0.05, 0.1) is 0 Å². The molecule has 0 saturated heterocycles. The molecule has 0 N–H and O–H groups in total. The number of aromatic nitrogens is 2. The molecule has 0 saturated carbocycles. The second-order valence-electron chi connectivity index (χ2n) is 1.76. The van der Waals surface area contributed by atoms with Gasteiger partial charge in [-0.3, -0.25) is 0 Å². The van der Waals surface area contributed by atoms with E-state index >= 15 is 0 Å². The molecule has 1 rings (SSSR count). The highest BCUT2D eigenvalue weighted by atomic mass is 35.5. The van der Waals surface area contributed by atoms with Crippen molar-refractivity contribution in [3.63, 3.8) is 0 Å². The Hall–Kier alpha value is 0.240. The fourth-order valence-electron chi connectivity index (χ4n) is 0.530. The Balaban J connectivity index is 0.000001000. The van der Waals surface area contributed by atoms with Gasteiger partial charge in [0, 0.05) is 5.10 Å². The lowest BCUT2D eigenvalue weighted by molar-refractivity contribution is -0.730. The van der Waals surface area contributed by atoms with E-state index in [4.69, 9.17) is 34.8 Å². The van der Waals surface area contributed by atoms with Gasteiger partial charge in [0.15, 0.2) is 7.05 Å². The van der Waals surface area contributed by atoms with Crippen molar-refractivity contribution in [1.29, 1.82) is 0 Å². The quantitative estimate of drug-likeness (QED) is 0.519. The van der Waals surface area contributed by atoms with E-state index in [-0.39, 0.29) is 17.6 Å². The Morgan fingerprint density at radius 1 is 1.36 bits per heavy atom. The van der Waals surface area contributed by atoms with E-state index in [1.165, 1.54) is 4.68 Å². The lowest BCUT2D eigenvalue weighted by Gasteiger charge is -1.91. The van der Waals surface area contributed by atoms with Gasteiger partial charge in [0.2, 0.25) is 11.3 Å². The third-order valence-corrected chi connectivity index (χ3v) is 2.06. The van der Waals surface area contributed by atoms with E-state index in [1.807, 2.05) is 0 Å². The van der Waals surface area contributed by atoms with Crippen LogP contribution in [0, 0.1) is 0 Å². The average molecular weight is 234 g/mol. The molecule has 0 amide bonds. The van der Waals surface area contributed by atoms with Crippen molar-refractivity contribution in [3.05, 3.63) is 21.4 Å². The maximum Gasteiger partial charge on any atom is 0.216 e. The summed E-state index contributed by atoms with van der Waals surface area (Å²) in [7, 11) is 1.72. The van der Waals surface area contributed by atoms with E-state index in [0.29, 0.717) is 10.0 Å². The largest absolute Gasteiger partial charge is 1.00 e. The Morgan fingerprint density at radius 2 is 1.91 bits per heavy atom. The molecule has 0 radical (unpaired) electrons. The van der Waals surface area contributed by atoms with Gasteiger partial charge in [-0.05, 0) is 0 Å². The molecule has 0 aromatic carbocycles. The van der Waals surface area contributed by atoms with E-state index in [1.54, 1.807) is 13.2 Å². The Morgan fingerprint density at radius 3 is 2.36 bits per heavy atom. The number of halogens is 4. The minimum atomic E-state index is 0. The van der Waals surface area contributed by atoms with Crippen LogP contribution in [0.3, 0.4) is 0 Å². The standard InChI is InChI=1S/C5H4Cl3N2.ClH/c1-10-2-3(6)4(7)5(8)9-10;/h2H,1H3;1H/q+1;/p-1. The predicted octanol–water partition coefficient (Wildman–Crippen LogP) is -1.13. The van der Waals surface area contributed by atoms with Crippen molar-refractivity contribution in [3.8, 4) is 0 Å². The average Bonchev–Trinajstić information content (AvgIpc) is 1.82. The zero-order valence-electron chi connectivity index (χ0n) is 5.48. The fraction of sp³-hybridized carbons (Fsp3) is 0.200. The van der Waals surface area contributed by atoms with E-state index in [0.717, 1.165) is 0 Å². The van der Waals surface area contributed by atoms with Crippen LogP contribution in [-0.4, -0.2) is 5.10 Å². The van der Waals surface area contributed by atoms with Crippen LogP contribution in [0.5, 0.6) is 0 Å². The van der Waals surface area contributed by atoms with E-state index < -0.39 is 0 Å². The van der Waals surface area contributed by atoms with Crippen LogP contribution in [0.25, 0.3) is 0 Å². The molecule has 11 heavy (non-hydrogen) atoms. The molecular weight excluding hydrogens is 230 g/mol. The van der Waals surface area contributed by atoms with Crippen molar-refractivity contribution in [2.75, 3.05) is 0 Å². The number of hydrogen-bond acceptors (Lipinski definition) is 1. The third-order valence-electron chi connectivity index (χ3n) is 0.937. The fourth-order valence-corrected chi connectivity index (χ4v) is 1.12. The summed E-state index contributed by atoms with van der Waals surface area (Å²) in [5, 5.41) is 4.72. The van der Waals surface area contributed by atoms with Gasteiger partial charge >= 0.3 is 0 Å². The van der Waals surface area contributed by atoms with Crippen molar-refractivity contribution < 1.29 is 17.1 Å². The summed E-state index contributed by atoms with van der Waals surface area (Å²) < 4.78 is 1.50. The zero-order valence-corrected chi connectivity index (χ0v) is 8.51. The van der Waals surface area contributed by atoms with Crippen molar-refractivity contribution >= 4 is 34.8 Å². The summed E-state index contributed by atoms with van der Waals surface area (Å²) in [5.41, 5.74) is 0. The molecule has 62 valence electrons. The number of rotatable bonds is 0. The van der Waals surface area contributed by atoms with Gasteiger partial charge in [-0.2, -0.15) is 0 Å². The second kappa shape index (κ2) is 4.31. The van der Waals surface area contributed by atoms with Crippen LogP contribution in [0.1, 0.15) is 0 Å². The first kappa shape index (κ1) is 11.2. The molecule has 0 bridgehead atoms. The molecule has 1 heterocycles. The topological polar surface area (TPSA) is 16.8 Å². The Labute approximate surface area is 85.5 Å². The first-order valence-electron chi connectivity index (χ1n) is 2.48. The molecule has 0 aliphatic carbocycles. The predicted molar refractivity (Wildman–Crippen MR) is 40.4 cm³/mol. The minimum Gasteiger partial charge on any atom is -1.00 e. The molecule has 0 aliphatic rings. The molecule has 1 aromatic rings. The maximum absolute atomic E-state index is 5.64. The summed E-state index contributed by atoms with van der Waals surface area (Å²) in [5.74, 6) is 0. The van der Waals surface area contributed by atoms with Crippen LogP contribution >= 0.6 is 34.8 Å². The van der Waals surface area contributed by atoms with Crippen LogP contribution in [-0.2, 0) is 7.05 Å². The summed E-state index contributed by atoms with van der Waals surface area (Å²) >= 11 is 16.8. The second-order valence-corrected chi connectivity index (χ2v) is 2.90. The minimum absolute atomic E-state index is 0. The van der Waals surface area contributed by atoms with Crippen LogP contribution in [0.2, 0.25) is 15.2 Å². The molecule has 0 atom stereocenters. The van der Waals surface area contributed by atoms with Gasteiger partial charge in [-0.1, -0.05) is 39.5 Å². The SMILES string of the molecule is C[n+]1cc(Cl)c(Cl)c(Cl)n1.[Cl-]. The number of hydrogen-bond donors (Lipinski definition) is 0. The van der Waals surface area contributed by atoms with Crippen LogP contribution in [0.4, 0.5) is 0 Å². The molecule has 0 fully saturated rings. The first-order chi connectivity index (χ1) is 4.61. The number of nitrogens with zero attached hydrogens (tertiary/aromatic N) is 2. The van der Waals surface area contributed by atoms with Gasteiger partial charge in [-0.15, -0.1) is 0 Å². The van der Waals surface area contributed by atoms with Gasteiger partial charge in [-0.25, -0.2) is 0 Å². The Kier molecular flexibility index (Phi) is 4.41. The number of aryl methyl sites for hydroxylation is 1. The molecule has 0 aliphatic heterocycles. The normalized spacial score (nSPS) is 9.09. The smallest absolute Gasteiger partial charge is 0.216 e. The van der Waals surface area contributed by atoms with Gasteiger partial charge in [0.1, 0.15) is 10.0 Å².